The summed E-state index contributed by atoms with van der Waals surface area (Å²) in [5, 5.41) is 2.84. The van der Waals surface area contributed by atoms with Crippen molar-refractivity contribution in [3.8, 4) is 0 Å². The van der Waals surface area contributed by atoms with Crippen molar-refractivity contribution in [1.82, 2.24) is 5.32 Å². The van der Waals surface area contributed by atoms with Gasteiger partial charge in [-0.25, -0.2) is 0 Å². The highest BCUT2D eigenvalue weighted by Crippen LogP contribution is 2.19. The number of hydrogen-bond donors (Lipinski definition) is 1. The number of rotatable bonds is 4. The molecule has 0 saturated heterocycles. The monoisotopic (exact) mass is 267 g/mol. The quantitative estimate of drug-likeness (QED) is 0.660. The third kappa shape index (κ3) is 3.20. The fourth-order valence-corrected chi connectivity index (χ4v) is 1.60. The zero-order valence-electron chi connectivity index (χ0n) is 8.72. The lowest BCUT2D eigenvalue weighted by Crippen LogP contribution is -2.24. The molecule has 0 unspecified atom stereocenters. The van der Waals surface area contributed by atoms with Crippen LogP contribution in [0.25, 0.3) is 0 Å². The highest BCUT2D eigenvalue weighted by atomic mass is 79.9. The van der Waals surface area contributed by atoms with Crippen LogP contribution in [0.1, 0.15) is 22.3 Å². The Bertz CT molecular complexity index is 374. The van der Waals surface area contributed by atoms with E-state index in [-0.39, 0.29) is 5.91 Å². The Kier molecular flexibility index (Phi) is 4.56. The van der Waals surface area contributed by atoms with E-state index in [9.17, 15) is 4.79 Å². The van der Waals surface area contributed by atoms with E-state index in [1.807, 2.05) is 25.1 Å². The standard InChI is InChI=1S/C12H14BrNO/c1-3-4-8-14-12(15)10-6-5-7-11(13)9(10)2/h3,5-7H,1,4,8H2,2H3,(H,14,15). The van der Waals surface area contributed by atoms with Gasteiger partial charge < -0.3 is 5.32 Å². The van der Waals surface area contributed by atoms with E-state index < -0.39 is 0 Å². The van der Waals surface area contributed by atoms with E-state index in [1.165, 1.54) is 0 Å². The number of nitrogens with one attached hydrogen (secondary N) is 1. The smallest absolute Gasteiger partial charge is 0.251 e. The molecule has 0 atom stereocenters. The van der Waals surface area contributed by atoms with Gasteiger partial charge in [-0.2, -0.15) is 0 Å². The molecule has 0 saturated carbocycles. The molecule has 1 aromatic rings. The summed E-state index contributed by atoms with van der Waals surface area (Å²) in [7, 11) is 0. The second-order valence-electron chi connectivity index (χ2n) is 3.25. The van der Waals surface area contributed by atoms with Gasteiger partial charge in [-0.15, -0.1) is 6.58 Å². The summed E-state index contributed by atoms with van der Waals surface area (Å²) in [5.74, 6) is -0.0318. The van der Waals surface area contributed by atoms with Crippen molar-refractivity contribution in [2.75, 3.05) is 6.54 Å². The molecule has 0 aromatic heterocycles. The molecule has 15 heavy (non-hydrogen) atoms. The highest BCUT2D eigenvalue weighted by Gasteiger charge is 2.09. The first kappa shape index (κ1) is 12.0. The van der Waals surface area contributed by atoms with Crippen molar-refractivity contribution in [1.29, 1.82) is 0 Å². The summed E-state index contributed by atoms with van der Waals surface area (Å²) in [4.78, 5) is 11.7. The van der Waals surface area contributed by atoms with Crippen LogP contribution in [0, 0.1) is 6.92 Å². The van der Waals surface area contributed by atoms with Gasteiger partial charge in [0.1, 0.15) is 0 Å². The number of halogens is 1. The Hall–Kier alpha value is -1.09. The van der Waals surface area contributed by atoms with E-state index >= 15 is 0 Å². The van der Waals surface area contributed by atoms with Crippen LogP contribution < -0.4 is 5.32 Å². The predicted octanol–water partition coefficient (Wildman–Crippen LogP) is 3.06. The van der Waals surface area contributed by atoms with Gasteiger partial charge in [0.15, 0.2) is 0 Å². The van der Waals surface area contributed by atoms with E-state index in [1.54, 1.807) is 6.08 Å². The second-order valence-corrected chi connectivity index (χ2v) is 4.10. The first-order chi connectivity index (χ1) is 7.16. The SMILES string of the molecule is C=CCCNC(=O)c1cccc(Br)c1C. The minimum atomic E-state index is -0.0318. The molecule has 0 bridgehead atoms. The van der Waals surface area contributed by atoms with Gasteiger partial charge in [-0.1, -0.05) is 28.1 Å². The minimum Gasteiger partial charge on any atom is -0.352 e. The van der Waals surface area contributed by atoms with Crippen molar-refractivity contribution in [3.05, 3.63) is 46.5 Å². The Balaban J connectivity index is 2.73. The Morgan fingerprint density at radius 3 is 3.00 bits per heavy atom. The molecule has 1 aromatic carbocycles. The van der Waals surface area contributed by atoms with Gasteiger partial charge in [0.2, 0.25) is 0 Å². The van der Waals surface area contributed by atoms with E-state index in [2.05, 4.69) is 27.8 Å². The van der Waals surface area contributed by atoms with Crippen molar-refractivity contribution >= 4 is 21.8 Å². The summed E-state index contributed by atoms with van der Waals surface area (Å²) < 4.78 is 0.957. The molecule has 0 aliphatic heterocycles. The van der Waals surface area contributed by atoms with Crippen molar-refractivity contribution in [3.63, 3.8) is 0 Å². The van der Waals surface area contributed by atoms with E-state index in [0.29, 0.717) is 12.1 Å². The molecule has 2 nitrogen and oxygen atoms in total. The zero-order valence-corrected chi connectivity index (χ0v) is 10.3. The number of benzene rings is 1. The Morgan fingerprint density at radius 2 is 2.33 bits per heavy atom. The van der Waals surface area contributed by atoms with Crippen molar-refractivity contribution < 1.29 is 4.79 Å². The van der Waals surface area contributed by atoms with Crippen LogP contribution >= 0.6 is 15.9 Å². The maximum absolute atomic E-state index is 11.7. The van der Waals surface area contributed by atoms with Gasteiger partial charge in [0.05, 0.1) is 0 Å². The number of carbonyl (C=O) groups excluding carboxylic acids is 1. The van der Waals surface area contributed by atoms with Crippen LogP contribution in [0.5, 0.6) is 0 Å². The zero-order chi connectivity index (χ0) is 11.3. The summed E-state index contributed by atoms with van der Waals surface area (Å²) in [5.41, 5.74) is 1.68. The maximum atomic E-state index is 11.7. The van der Waals surface area contributed by atoms with Crippen LogP contribution in [0.15, 0.2) is 35.3 Å². The van der Waals surface area contributed by atoms with Gasteiger partial charge in [-0.3, -0.25) is 4.79 Å². The summed E-state index contributed by atoms with van der Waals surface area (Å²) in [6, 6.07) is 5.61. The minimum absolute atomic E-state index is 0.0318. The summed E-state index contributed by atoms with van der Waals surface area (Å²) >= 11 is 3.40. The lowest BCUT2D eigenvalue weighted by molar-refractivity contribution is 0.0953. The van der Waals surface area contributed by atoms with Crippen LogP contribution in [0.3, 0.4) is 0 Å². The fourth-order valence-electron chi connectivity index (χ4n) is 1.24. The molecule has 1 N–H and O–H groups in total. The maximum Gasteiger partial charge on any atom is 0.251 e. The molecule has 1 amide bonds. The van der Waals surface area contributed by atoms with Gasteiger partial charge >= 0.3 is 0 Å². The van der Waals surface area contributed by atoms with Crippen LogP contribution in [-0.4, -0.2) is 12.5 Å². The van der Waals surface area contributed by atoms with Crippen LogP contribution in [0.2, 0.25) is 0 Å². The molecule has 0 spiro atoms. The molecular weight excluding hydrogens is 254 g/mol. The Labute approximate surface area is 98.5 Å². The predicted molar refractivity (Wildman–Crippen MR) is 66.0 cm³/mol. The lowest BCUT2D eigenvalue weighted by atomic mass is 10.1. The van der Waals surface area contributed by atoms with Crippen molar-refractivity contribution in [2.45, 2.75) is 13.3 Å². The average Bonchev–Trinajstić information content (AvgIpc) is 2.22. The lowest BCUT2D eigenvalue weighted by Gasteiger charge is -2.07. The normalized spacial score (nSPS) is 9.73. The van der Waals surface area contributed by atoms with Crippen molar-refractivity contribution in [2.24, 2.45) is 0 Å². The average molecular weight is 268 g/mol. The number of amides is 1. The van der Waals surface area contributed by atoms with Gasteiger partial charge in [0.25, 0.3) is 5.91 Å². The molecule has 3 heteroatoms. The van der Waals surface area contributed by atoms with E-state index in [4.69, 9.17) is 0 Å². The topological polar surface area (TPSA) is 29.1 Å². The largest absolute Gasteiger partial charge is 0.352 e. The summed E-state index contributed by atoms with van der Waals surface area (Å²) in [6.07, 6.45) is 2.58. The van der Waals surface area contributed by atoms with E-state index in [0.717, 1.165) is 16.5 Å². The first-order valence-corrected chi connectivity index (χ1v) is 5.60. The highest BCUT2D eigenvalue weighted by molar-refractivity contribution is 9.10. The molecule has 0 radical (unpaired) electrons. The second kappa shape index (κ2) is 5.71. The van der Waals surface area contributed by atoms with Crippen LogP contribution in [-0.2, 0) is 0 Å². The number of carbonyl (C=O) groups is 1. The summed E-state index contributed by atoms with van der Waals surface area (Å²) in [6.45, 7) is 6.16. The molecule has 80 valence electrons. The molecule has 0 fully saturated rings. The molecule has 1 rings (SSSR count). The first-order valence-electron chi connectivity index (χ1n) is 4.81. The fraction of sp³-hybridized carbons (Fsp3) is 0.250. The third-order valence-corrected chi connectivity index (χ3v) is 3.01. The van der Waals surface area contributed by atoms with Crippen LogP contribution in [0.4, 0.5) is 0 Å². The molecule has 0 heterocycles. The van der Waals surface area contributed by atoms with Gasteiger partial charge in [-0.05, 0) is 31.0 Å². The molecule has 0 aliphatic carbocycles. The van der Waals surface area contributed by atoms with Gasteiger partial charge in [0, 0.05) is 16.6 Å². The molecular formula is C12H14BrNO. The number of hydrogen-bond acceptors (Lipinski definition) is 1. The molecule has 0 aliphatic rings. The Morgan fingerprint density at radius 1 is 1.60 bits per heavy atom. The third-order valence-electron chi connectivity index (χ3n) is 2.15.